The number of rotatable bonds is 4. The highest BCUT2D eigenvalue weighted by Gasteiger charge is 2.13. The van der Waals surface area contributed by atoms with Crippen molar-refractivity contribution < 1.29 is 4.79 Å². The molecule has 0 radical (unpaired) electrons. The smallest absolute Gasteiger partial charge is 0.250 e. The molecule has 0 unspecified atom stereocenters. The van der Waals surface area contributed by atoms with Gasteiger partial charge in [0.2, 0.25) is 5.91 Å². The fraction of sp³-hybridized carbons (Fsp3) is 0.0625. The molecule has 1 amide bonds. The van der Waals surface area contributed by atoms with E-state index in [9.17, 15) is 4.79 Å². The molecule has 8 heteroatoms. The number of carbonyl (C=O) groups excluding carboxylic acids is 1. The second-order valence-electron chi connectivity index (χ2n) is 4.88. The van der Waals surface area contributed by atoms with Crippen molar-refractivity contribution in [3.05, 3.63) is 52.0 Å². The number of thiazole rings is 2. The van der Waals surface area contributed by atoms with E-state index in [-0.39, 0.29) is 5.91 Å². The van der Waals surface area contributed by atoms with Crippen molar-refractivity contribution in [2.24, 2.45) is 0 Å². The molecule has 0 atom stereocenters. The number of carbonyl (C=O) groups is 1. The van der Waals surface area contributed by atoms with Gasteiger partial charge in [-0.25, -0.2) is 9.97 Å². The zero-order valence-corrected chi connectivity index (χ0v) is 15.0. The quantitative estimate of drug-likeness (QED) is 0.658. The number of amides is 1. The van der Waals surface area contributed by atoms with E-state index in [1.54, 1.807) is 18.2 Å². The van der Waals surface area contributed by atoms with Crippen molar-refractivity contribution >= 4 is 56.5 Å². The Morgan fingerprint density at radius 3 is 2.71 bits per heavy atom. The van der Waals surface area contributed by atoms with Gasteiger partial charge in [0.05, 0.1) is 16.3 Å². The average Bonchev–Trinajstić information content (AvgIpc) is 3.12. The number of anilines is 2. The lowest BCUT2D eigenvalue weighted by Crippen LogP contribution is -2.07. The Kier molecular flexibility index (Phi) is 4.94. The summed E-state index contributed by atoms with van der Waals surface area (Å²) >= 11 is 8.58. The Hall–Kier alpha value is -2.22. The van der Waals surface area contributed by atoms with Crippen LogP contribution in [-0.2, 0) is 4.79 Å². The lowest BCUT2D eigenvalue weighted by Gasteiger charge is -1.96. The summed E-state index contributed by atoms with van der Waals surface area (Å²) < 4.78 is 0. The molecule has 3 aromatic rings. The van der Waals surface area contributed by atoms with Crippen LogP contribution < -0.4 is 11.1 Å². The molecule has 122 valence electrons. The van der Waals surface area contributed by atoms with Gasteiger partial charge >= 0.3 is 0 Å². The van der Waals surface area contributed by atoms with E-state index in [0.717, 1.165) is 21.8 Å². The zero-order chi connectivity index (χ0) is 17.1. The molecule has 5 nitrogen and oxygen atoms in total. The van der Waals surface area contributed by atoms with Crippen LogP contribution in [0.3, 0.4) is 0 Å². The Labute approximate surface area is 151 Å². The summed E-state index contributed by atoms with van der Waals surface area (Å²) in [7, 11) is 0. The number of hydrogen-bond acceptors (Lipinski definition) is 6. The molecule has 3 N–H and O–H groups in total. The molecule has 1 aromatic carbocycles. The van der Waals surface area contributed by atoms with Crippen LogP contribution >= 0.6 is 34.3 Å². The van der Waals surface area contributed by atoms with Crippen LogP contribution in [0.15, 0.2) is 35.7 Å². The normalized spacial score (nSPS) is 11.1. The average molecular weight is 377 g/mol. The van der Waals surface area contributed by atoms with Crippen LogP contribution in [0, 0.1) is 6.92 Å². The molecule has 0 spiro atoms. The second-order valence-corrected chi connectivity index (χ2v) is 7.20. The predicted octanol–water partition coefficient (Wildman–Crippen LogP) is 4.46. The summed E-state index contributed by atoms with van der Waals surface area (Å²) in [6.07, 6.45) is 3.18. The minimum atomic E-state index is -0.247. The Morgan fingerprint density at radius 1 is 1.29 bits per heavy atom. The van der Waals surface area contributed by atoms with Crippen LogP contribution in [0.25, 0.3) is 16.6 Å². The number of nitrogens with one attached hydrogen (secondary N) is 1. The fourth-order valence-corrected chi connectivity index (χ4v) is 3.66. The SMILES string of the molecule is Cc1nc(NC(=O)/C=C/c2ccc(Cl)cc2)sc1-c1csc(N)n1. The van der Waals surface area contributed by atoms with Crippen LogP contribution in [-0.4, -0.2) is 15.9 Å². The summed E-state index contributed by atoms with van der Waals surface area (Å²) in [6, 6.07) is 7.22. The maximum atomic E-state index is 12.0. The third kappa shape index (κ3) is 4.00. The monoisotopic (exact) mass is 376 g/mol. The summed E-state index contributed by atoms with van der Waals surface area (Å²) in [4.78, 5) is 21.5. The first-order chi connectivity index (χ1) is 11.5. The second kappa shape index (κ2) is 7.12. The molecule has 24 heavy (non-hydrogen) atoms. The van der Waals surface area contributed by atoms with E-state index in [1.807, 2.05) is 24.4 Å². The molecule has 2 aromatic heterocycles. The number of benzene rings is 1. The molecule has 0 aliphatic rings. The zero-order valence-electron chi connectivity index (χ0n) is 12.6. The molecule has 0 aliphatic heterocycles. The highest BCUT2D eigenvalue weighted by molar-refractivity contribution is 7.19. The van der Waals surface area contributed by atoms with Crippen LogP contribution in [0.1, 0.15) is 11.3 Å². The van der Waals surface area contributed by atoms with Crippen molar-refractivity contribution in [2.45, 2.75) is 6.92 Å². The summed E-state index contributed by atoms with van der Waals surface area (Å²) in [5.41, 5.74) is 8.14. The van der Waals surface area contributed by atoms with Crippen LogP contribution in [0.2, 0.25) is 5.02 Å². The van der Waals surface area contributed by atoms with E-state index in [2.05, 4.69) is 15.3 Å². The number of aromatic nitrogens is 2. The number of halogens is 1. The van der Waals surface area contributed by atoms with Gasteiger partial charge < -0.3 is 5.73 Å². The highest BCUT2D eigenvalue weighted by atomic mass is 35.5. The lowest BCUT2D eigenvalue weighted by molar-refractivity contribution is -0.111. The van der Waals surface area contributed by atoms with Crippen molar-refractivity contribution in [1.82, 2.24) is 9.97 Å². The molecular formula is C16H13ClN4OS2. The predicted molar refractivity (Wildman–Crippen MR) is 101 cm³/mol. The Balaban J connectivity index is 1.69. The largest absolute Gasteiger partial charge is 0.375 e. The van der Waals surface area contributed by atoms with Gasteiger partial charge in [0.15, 0.2) is 10.3 Å². The lowest BCUT2D eigenvalue weighted by atomic mass is 10.2. The van der Waals surface area contributed by atoms with Gasteiger partial charge in [-0.15, -0.1) is 11.3 Å². The van der Waals surface area contributed by atoms with Gasteiger partial charge in [0, 0.05) is 16.5 Å². The number of nitrogen functional groups attached to an aromatic ring is 1. The number of nitrogens with two attached hydrogens (primary N) is 1. The Bertz CT molecular complexity index is 899. The molecule has 2 heterocycles. The molecule has 0 saturated carbocycles. The number of nitrogens with zero attached hydrogens (tertiary/aromatic N) is 2. The molecule has 0 saturated heterocycles. The van der Waals surface area contributed by atoms with Gasteiger partial charge in [-0.05, 0) is 30.7 Å². The van der Waals surface area contributed by atoms with Crippen molar-refractivity contribution in [3.8, 4) is 10.6 Å². The summed E-state index contributed by atoms with van der Waals surface area (Å²) in [5, 5.41) is 6.33. The fourth-order valence-electron chi connectivity index (χ4n) is 1.97. The first-order valence-corrected chi connectivity index (χ1v) is 9.02. The minimum absolute atomic E-state index is 0.247. The van der Waals surface area contributed by atoms with Gasteiger partial charge in [-0.1, -0.05) is 35.1 Å². The molecule has 0 fully saturated rings. The summed E-state index contributed by atoms with van der Waals surface area (Å²) in [5.74, 6) is -0.247. The van der Waals surface area contributed by atoms with E-state index in [1.165, 1.54) is 28.7 Å². The van der Waals surface area contributed by atoms with E-state index < -0.39 is 0 Å². The van der Waals surface area contributed by atoms with Gasteiger partial charge in [-0.2, -0.15) is 0 Å². The minimum Gasteiger partial charge on any atom is -0.375 e. The molecular weight excluding hydrogens is 364 g/mol. The molecule has 3 rings (SSSR count). The van der Waals surface area contributed by atoms with Crippen LogP contribution in [0.4, 0.5) is 10.3 Å². The van der Waals surface area contributed by atoms with Gasteiger partial charge in [0.1, 0.15) is 0 Å². The Morgan fingerprint density at radius 2 is 2.04 bits per heavy atom. The first-order valence-electron chi connectivity index (χ1n) is 6.95. The number of aryl methyl sites for hydroxylation is 1. The van der Waals surface area contributed by atoms with E-state index in [4.69, 9.17) is 17.3 Å². The highest BCUT2D eigenvalue weighted by Crippen LogP contribution is 2.33. The first kappa shape index (κ1) is 16.6. The molecule has 0 aliphatic carbocycles. The van der Waals surface area contributed by atoms with Crippen molar-refractivity contribution in [2.75, 3.05) is 11.1 Å². The van der Waals surface area contributed by atoms with Crippen molar-refractivity contribution in [1.29, 1.82) is 0 Å². The van der Waals surface area contributed by atoms with E-state index in [0.29, 0.717) is 15.3 Å². The van der Waals surface area contributed by atoms with Gasteiger partial charge in [-0.3, -0.25) is 10.1 Å². The standard InChI is InChI=1S/C16H13ClN4OS2/c1-9-14(12-8-23-15(18)20-12)24-16(19-9)21-13(22)7-4-10-2-5-11(17)6-3-10/h2-8H,1H3,(H2,18,20)(H,19,21,22)/b7-4+. The van der Waals surface area contributed by atoms with Gasteiger partial charge in [0.25, 0.3) is 0 Å². The third-order valence-electron chi connectivity index (χ3n) is 3.08. The molecule has 0 bridgehead atoms. The summed E-state index contributed by atoms with van der Waals surface area (Å²) in [6.45, 7) is 1.88. The topological polar surface area (TPSA) is 80.9 Å². The third-order valence-corrected chi connectivity index (χ3v) is 5.10. The maximum Gasteiger partial charge on any atom is 0.250 e. The van der Waals surface area contributed by atoms with E-state index >= 15 is 0 Å². The van der Waals surface area contributed by atoms with Crippen LogP contribution in [0.5, 0.6) is 0 Å². The maximum absolute atomic E-state index is 12.0. The number of hydrogen-bond donors (Lipinski definition) is 2. The van der Waals surface area contributed by atoms with Crippen molar-refractivity contribution in [3.63, 3.8) is 0 Å².